The molecule has 0 bridgehead atoms. The van der Waals surface area contributed by atoms with Gasteiger partial charge >= 0.3 is 11.9 Å². The maximum Gasteiger partial charge on any atom is 0.306 e. The molecule has 4 nitrogen and oxygen atoms in total. The van der Waals surface area contributed by atoms with Crippen molar-refractivity contribution in [3.63, 3.8) is 0 Å². The summed E-state index contributed by atoms with van der Waals surface area (Å²) in [7, 11) is 0. The largest absolute Gasteiger partial charge is 0.466 e. The van der Waals surface area contributed by atoms with Gasteiger partial charge in [-0.25, -0.2) is 0 Å². The van der Waals surface area contributed by atoms with Crippen LogP contribution in [0.3, 0.4) is 0 Å². The minimum atomic E-state index is -0.130. The van der Waals surface area contributed by atoms with Crippen molar-refractivity contribution in [2.24, 2.45) is 23.7 Å². The molecular weight excluding hydrogens is 448 g/mol. The normalized spacial score (nSPS) is 14.7. The SMILES string of the molecule is CCOC(=O)C[C@@H](C)/C=C/C=C(C)\C=C\C(C)C.CCOC(=O)C[C@H](C)/C=C/C=C(C)\C=C\C(C)C. The number of allylic oxidation sites excluding steroid dienone is 12. The molecule has 0 heterocycles. The highest BCUT2D eigenvalue weighted by atomic mass is 16.5. The summed E-state index contributed by atoms with van der Waals surface area (Å²) in [6, 6.07) is 0. The van der Waals surface area contributed by atoms with E-state index in [-0.39, 0.29) is 23.8 Å². The first-order valence-electron chi connectivity index (χ1n) is 13.3. The molecule has 0 aliphatic heterocycles. The van der Waals surface area contributed by atoms with Crippen molar-refractivity contribution in [2.45, 2.75) is 82.1 Å². The van der Waals surface area contributed by atoms with Crippen molar-refractivity contribution in [2.75, 3.05) is 13.2 Å². The second kappa shape index (κ2) is 22.8. The van der Waals surface area contributed by atoms with Crippen LogP contribution in [0, 0.1) is 23.7 Å². The molecule has 0 aromatic rings. The van der Waals surface area contributed by atoms with Gasteiger partial charge < -0.3 is 9.47 Å². The van der Waals surface area contributed by atoms with E-state index in [2.05, 4.69) is 78.0 Å². The highest BCUT2D eigenvalue weighted by Crippen LogP contribution is 2.08. The molecule has 0 aliphatic rings. The van der Waals surface area contributed by atoms with Gasteiger partial charge in [-0.15, -0.1) is 0 Å². The summed E-state index contributed by atoms with van der Waals surface area (Å²) in [6.07, 6.45) is 21.6. The van der Waals surface area contributed by atoms with E-state index >= 15 is 0 Å². The van der Waals surface area contributed by atoms with E-state index in [1.165, 1.54) is 11.1 Å². The van der Waals surface area contributed by atoms with E-state index < -0.39 is 0 Å². The van der Waals surface area contributed by atoms with Crippen LogP contribution in [0.15, 0.2) is 71.9 Å². The van der Waals surface area contributed by atoms with Crippen LogP contribution < -0.4 is 0 Å². The summed E-state index contributed by atoms with van der Waals surface area (Å²) < 4.78 is 9.81. The van der Waals surface area contributed by atoms with Crippen LogP contribution in [0.25, 0.3) is 0 Å². The minimum absolute atomic E-state index is 0.130. The standard InChI is InChI=1S/2C16H26O2/c2*1-6-18-16(17)12-15(5)9-7-8-14(4)11-10-13(2)3/h2*7-11,13,15H,6,12H2,1-5H3/b2*9-7+,11-10+,14-8-/t2*15-/m10/s1. The highest BCUT2D eigenvalue weighted by Gasteiger charge is 2.06. The third-order valence-electron chi connectivity index (χ3n) is 4.67. The zero-order chi connectivity index (χ0) is 27.9. The Labute approximate surface area is 221 Å². The molecule has 0 saturated carbocycles. The number of esters is 2. The summed E-state index contributed by atoms with van der Waals surface area (Å²) in [5, 5.41) is 0. The van der Waals surface area contributed by atoms with Gasteiger partial charge in [0.15, 0.2) is 0 Å². The molecule has 204 valence electrons. The number of rotatable bonds is 14. The maximum absolute atomic E-state index is 11.2. The molecule has 0 N–H and O–H groups in total. The molecule has 0 unspecified atom stereocenters. The number of hydrogen-bond acceptors (Lipinski definition) is 4. The highest BCUT2D eigenvalue weighted by molar-refractivity contribution is 5.70. The zero-order valence-corrected chi connectivity index (χ0v) is 24.5. The average molecular weight is 501 g/mol. The predicted octanol–water partition coefficient (Wildman–Crippen LogP) is 8.58. The first-order chi connectivity index (χ1) is 16.9. The molecule has 4 heteroatoms. The zero-order valence-electron chi connectivity index (χ0n) is 24.5. The summed E-state index contributed by atoms with van der Waals surface area (Å²) in [6.45, 7) is 21.3. The third-order valence-corrected chi connectivity index (χ3v) is 4.67. The Balaban J connectivity index is 0. The van der Waals surface area contributed by atoms with Crippen molar-refractivity contribution in [3.05, 3.63) is 71.9 Å². The van der Waals surface area contributed by atoms with E-state index in [0.717, 1.165) is 0 Å². The van der Waals surface area contributed by atoms with Gasteiger partial charge in [0.25, 0.3) is 0 Å². The Bertz CT molecular complexity index is 710. The number of hydrogen-bond donors (Lipinski definition) is 0. The van der Waals surface area contributed by atoms with Gasteiger partial charge in [0, 0.05) is 0 Å². The number of carbonyl (C=O) groups excluding carboxylic acids is 2. The summed E-state index contributed by atoms with van der Waals surface area (Å²) in [5.41, 5.74) is 2.42. The van der Waals surface area contributed by atoms with Gasteiger partial charge in [0.05, 0.1) is 26.1 Å². The lowest BCUT2D eigenvalue weighted by atomic mass is 10.1. The van der Waals surface area contributed by atoms with Crippen LogP contribution in [0.4, 0.5) is 0 Å². The van der Waals surface area contributed by atoms with Crippen LogP contribution in [0.5, 0.6) is 0 Å². The van der Waals surface area contributed by atoms with E-state index in [4.69, 9.17) is 9.47 Å². The first-order valence-corrected chi connectivity index (χ1v) is 13.3. The maximum atomic E-state index is 11.2. The minimum Gasteiger partial charge on any atom is -0.466 e. The van der Waals surface area contributed by atoms with Crippen molar-refractivity contribution >= 4 is 11.9 Å². The van der Waals surface area contributed by atoms with Crippen molar-refractivity contribution in [1.82, 2.24) is 0 Å². The van der Waals surface area contributed by atoms with Crippen LogP contribution in [-0.2, 0) is 19.1 Å². The van der Waals surface area contributed by atoms with Crippen molar-refractivity contribution in [1.29, 1.82) is 0 Å². The fourth-order valence-electron chi connectivity index (χ4n) is 2.70. The number of ether oxygens (including phenoxy) is 2. The van der Waals surface area contributed by atoms with Crippen LogP contribution in [0.1, 0.15) is 82.1 Å². The molecule has 0 amide bonds. The molecule has 0 saturated heterocycles. The first kappa shape index (κ1) is 35.5. The fraction of sp³-hybridized carbons (Fsp3) is 0.562. The van der Waals surface area contributed by atoms with Gasteiger partial charge in [-0.2, -0.15) is 0 Å². The lowest BCUT2D eigenvalue weighted by Gasteiger charge is -2.04. The lowest BCUT2D eigenvalue weighted by Crippen LogP contribution is -2.07. The topological polar surface area (TPSA) is 52.6 Å². The molecule has 0 spiro atoms. The molecule has 0 radical (unpaired) electrons. The lowest BCUT2D eigenvalue weighted by molar-refractivity contribution is -0.144. The van der Waals surface area contributed by atoms with Crippen molar-refractivity contribution in [3.8, 4) is 0 Å². The van der Waals surface area contributed by atoms with Crippen LogP contribution >= 0.6 is 0 Å². The summed E-state index contributed by atoms with van der Waals surface area (Å²) >= 11 is 0. The Morgan fingerprint density at radius 1 is 0.611 bits per heavy atom. The van der Waals surface area contributed by atoms with Gasteiger partial charge in [0.2, 0.25) is 0 Å². The van der Waals surface area contributed by atoms with Crippen LogP contribution in [-0.4, -0.2) is 25.2 Å². The van der Waals surface area contributed by atoms with E-state index in [1.54, 1.807) is 0 Å². The molecule has 0 aliphatic carbocycles. The van der Waals surface area contributed by atoms with Crippen molar-refractivity contribution < 1.29 is 19.1 Å². The number of carbonyl (C=O) groups is 2. The van der Waals surface area contributed by atoms with Gasteiger partial charge in [0.1, 0.15) is 0 Å². The van der Waals surface area contributed by atoms with E-state index in [9.17, 15) is 9.59 Å². The average Bonchev–Trinajstić information content (AvgIpc) is 2.77. The predicted molar refractivity (Wildman–Crippen MR) is 155 cm³/mol. The van der Waals surface area contributed by atoms with Gasteiger partial charge in [-0.1, -0.05) is 113 Å². The smallest absolute Gasteiger partial charge is 0.306 e. The Morgan fingerprint density at radius 3 is 1.22 bits per heavy atom. The quantitative estimate of drug-likeness (QED) is 0.177. The van der Waals surface area contributed by atoms with E-state index in [0.29, 0.717) is 37.9 Å². The fourth-order valence-corrected chi connectivity index (χ4v) is 2.70. The Morgan fingerprint density at radius 2 is 0.944 bits per heavy atom. The summed E-state index contributed by atoms with van der Waals surface area (Å²) in [5.74, 6) is 1.30. The molecular formula is C32H52O4. The molecule has 0 aromatic heterocycles. The monoisotopic (exact) mass is 500 g/mol. The Kier molecular flexibility index (Phi) is 22.5. The molecule has 0 rings (SSSR count). The van der Waals surface area contributed by atoms with E-state index in [1.807, 2.05) is 52.0 Å². The molecule has 0 aromatic carbocycles. The van der Waals surface area contributed by atoms with Gasteiger partial charge in [-0.05, 0) is 51.4 Å². The third kappa shape index (κ3) is 26.0. The second-order valence-electron chi connectivity index (χ2n) is 9.77. The van der Waals surface area contributed by atoms with Gasteiger partial charge in [-0.3, -0.25) is 9.59 Å². The Hall–Kier alpha value is -2.62. The summed E-state index contributed by atoms with van der Waals surface area (Å²) in [4.78, 5) is 22.5. The second-order valence-corrected chi connectivity index (χ2v) is 9.77. The molecule has 0 fully saturated rings. The molecule has 36 heavy (non-hydrogen) atoms. The van der Waals surface area contributed by atoms with Crippen LogP contribution in [0.2, 0.25) is 0 Å². The molecule has 2 atom stereocenters.